The summed E-state index contributed by atoms with van der Waals surface area (Å²) in [6.45, 7) is 14.7. The monoisotopic (exact) mass is 443 g/mol. The Labute approximate surface area is 196 Å². The zero-order valence-electron chi connectivity index (χ0n) is 21.0. The molecule has 0 saturated carbocycles. The Morgan fingerprint density at radius 3 is 1.97 bits per heavy atom. The van der Waals surface area contributed by atoms with Crippen LogP contribution in [-0.2, 0) is 5.28 Å². The van der Waals surface area contributed by atoms with Gasteiger partial charge < -0.3 is 0 Å². The maximum atomic E-state index is 2.55. The summed E-state index contributed by atoms with van der Waals surface area (Å²) in [5.74, 6) is 0.279. The molecule has 1 aliphatic carbocycles. The summed E-state index contributed by atoms with van der Waals surface area (Å²) in [4.78, 5) is 2.55. The van der Waals surface area contributed by atoms with Crippen LogP contribution in [0.2, 0.25) is 0 Å². The standard InChI is InChI=1S/C30H38NP/c1-28(2,3)32(29(4,5)6)30(31(7)8)26-16-12-11-14-23(26)19-20-27(30)25-18-17-22-13-9-10-15-24(22)21-25/h9-21,27H,1-8H3. The van der Waals surface area contributed by atoms with Gasteiger partial charge in [0.05, 0.1) is 5.28 Å². The average molecular weight is 444 g/mol. The quantitative estimate of drug-likeness (QED) is 0.367. The summed E-state index contributed by atoms with van der Waals surface area (Å²) in [5.41, 5.74) is 4.24. The highest BCUT2D eigenvalue weighted by Gasteiger charge is 2.57. The molecule has 0 saturated heterocycles. The van der Waals surface area contributed by atoms with Gasteiger partial charge in [-0.25, -0.2) is 0 Å². The van der Waals surface area contributed by atoms with Gasteiger partial charge in [0, 0.05) is 5.92 Å². The maximum absolute atomic E-state index is 2.55. The highest BCUT2D eigenvalue weighted by molar-refractivity contribution is 7.62. The molecule has 2 atom stereocenters. The van der Waals surface area contributed by atoms with Crippen LogP contribution in [0, 0.1) is 0 Å². The Morgan fingerprint density at radius 1 is 0.750 bits per heavy atom. The van der Waals surface area contributed by atoms with Gasteiger partial charge in [-0.3, -0.25) is 4.90 Å². The fourth-order valence-corrected chi connectivity index (χ4v) is 11.6. The van der Waals surface area contributed by atoms with Gasteiger partial charge in [-0.15, -0.1) is 0 Å². The molecule has 0 radical (unpaired) electrons. The summed E-state index contributed by atoms with van der Waals surface area (Å²) in [5, 5.41) is 2.86. The topological polar surface area (TPSA) is 3.24 Å². The molecule has 0 bridgehead atoms. The molecule has 0 spiro atoms. The molecule has 0 aromatic heterocycles. The molecule has 2 heteroatoms. The Bertz CT molecular complexity index is 1130. The number of fused-ring (bicyclic) bond motifs is 2. The minimum absolute atomic E-state index is 0.111. The van der Waals surface area contributed by atoms with Gasteiger partial charge in [0.25, 0.3) is 0 Å². The largest absolute Gasteiger partial charge is 0.295 e. The molecule has 0 amide bonds. The van der Waals surface area contributed by atoms with Crippen molar-refractivity contribution in [2.75, 3.05) is 14.1 Å². The summed E-state index contributed by atoms with van der Waals surface area (Å²) < 4.78 is 0. The first-order valence-electron chi connectivity index (χ1n) is 11.7. The molecule has 1 aliphatic rings. The normalized spacial score (nSPS) is 21.4. The lowest BCUT2D eigenvalue weighted by molar-refractivity contribution is 0.221. The van der Waals surface area contributed by atoms with Gasteiger partial charge >= 0.3 is 0 Å². The number of hydrogen-bond donors (Lipinski definition) is 0. The van der Waals surface area contributed by atoms with Gasteiger partial charge in [0.2, 0.25) is 0 Å². The second kappa shape index (κ2) is 8.12. The summed E-state index contributed by atoms with van der Waals surface area (Å²) in [6.07, 6.45) is 4.84. The number of benzene rings is 3. The second-order valence-corrected chi connectivity index (χ2v) is 15.4. The number of rotatable bonds is 3. The second-order valence-electron chi connectivity index (χ2n) is 11.3. The van der Waals surface area contributed by atoms with Crippen molar-refractivity contribution < 1.29 is 0 Å². The first-order valence-corrected chi connectivity index (χ1v) is 13.1. The van der Waals surface area contributed by atoms with Crippen LogP contribution in [0.1, 0.15) is 64.2 Å². The van der Waals surface area contributed by atoms with E-state index in [1.54, 1.807) is 0 Å². The molecule has 0 N–H and O–H groups in total. The lowest BCUT2D eigenvalue weighted by Crippen LogP contribution is -2.52. The first kappa shape index (κ1) is 23.2. The lowest BCUT2D eigenvalue weighted by Gasteiger charge is -2.60. The van der Waals surface area contributed by atoms with E-state index in [1.165, 1.54) is 27.5 Å². The number of hydrogen-bond acceptors (Lipinski definition) is 1. The molecule has 3 aromatic rings. The lowest BCUT2D eigenvalue weighted by atomic mass is 9.79. The molecule has 0 heterocycles. The molecular formula is C30H38NP. The van der Waals surface area contributed by atoms with Gasteiger partial charge in [0.1, 0.15) is 0 Å². The third-order valence-electron chi connectivity index (χ3n) is 6.76. The van der Waals surface area contributed by atoms with E-state index in [0.717, 1.165) is 0 Å². The zero-order chi connectivity index (χ0) is 23.3. The van der Waals surface area contributed by atoms with E-state index >= 15 is 0 Å². The fourth-order valence-electron chi connectivity index (χ4n) is 6.23. The van der Waals surface area contributed by atoms with Crippen molar-refractivity contribution in [3.63, 3.8) is 0 Å². The highest BCUT2D eigenvalue weighted by Crippen LogP contribution is 2.76. The van der Waals surface area contributed by atoms with Crippen molar-refractivity contribution in [1.29, 1.82) is 0 Å². The van der Waals surface area contributed by atoms with E-state index in [4.69, 9.17) is 0 Å². The summed E-state index contributed by atoms with van der Waals surface area (Å²) >= 11 is 0. The van der Waals surface area contributed by atoms with Crippen LogP contribution in [0.4, 0.5) is 0 Å². The van der Waals surface area contributed by atoms with Crippen LogP contribution in [0.5, 0.6) is 0 Å². The van der Waals surface area contributed by atoms with Crippen LogP contribution in [0.25, 0.3) is 16.8 Å². The Hall–Kier alpha value is -1.95. The van der Waals surface area contributed by atoms with Gasteiger partial charge in [-0.2, -0.15) is 0 Å². The van der Waals surface area contributed by atoms with Crippen molar-refractivity contribution >= 4 is 24.8 Å². The Balaban J connectivity index is 2.08. The molecule has 3 aromatic carbocycles. The van der Waals surface area contributed by atoms with E-state index in [-0.39, 0.29) is 21.5 Å². The maximum Gasteiger partial charge on any atom is 0.0773 e. The predicted octanol–water partition coefficient (Wildman–Crippen LogP) is 8.44. The fraction of sp³-hybridized carbons (Fsp3) is 0.400. The van der Waals surface area contributed by atoms with E-state index in [1.807, 2.05) is 0 Å². The van der Waals surface area contributed by atoms with Gasteiger partial charge in [-0.1, -0.05) is 128 Å². The Morgan fingerprint density at radius 2 is 1.34 bits per heavy atom. The van der Waals surface area contributed by atoms with Gasteiger partial charge in [-0.05, 0) is 51.9 Å². The van der Waals surface area contributed by atoms with Crippen LogP contribution in [-0.4, -0.2) is 29.3 Å². The molecule has 1 nitrogen and oxygen atoms in total. The van der Waals surface area contributed by atoms with Crippen LogP contribution < -0.4 is 0 Å². The first-order chi connectivity index (χ1) is 15.0. The number of likely N-dealkylation sites (N-methyl/N-ethyl adjacent to an activating group) is 1. The van der Waals surface area contributed by atoms with Crippen molar-refractivity contribution in [1.82, 2.24) is 4.90 Å². The highest BCUT2D eigenvalue weighted by atomic mass is 31.1. The van der Waals surface area contributed by atoms with Crippen LogP contribution in [0.3, 0.4) is 0 Å². The van der Waals surface area contributed by atoms with Crippen molar-refractivity contribution in [3.8, 4) is 0 Å². The zero-order valence-corrected chi connectivity index (χ0v) is 21.9. The SMILES string of the molecule is CN(C)C1(P(C(C)(C)C)C(C)(C)C)c2ccccc2C=CC1c1ccc2ccccc2c1. The molecule has 168 valence electrons. The Kier molecular flexibility index (Phi) is 5.89. The van der Waals surface area contributed by atoms with E-state index in [2.05, 4.69) is 139 Å². The molecular weight excluding hydrogens is 405 g/mol. The predicted molar refractivity (Wildman–Crippen MR) is 144 cm³/mol. The van der Waals surface area contributed by atoms with Crippen molar-refractivity contribution in [2.45, 2.75) is 63.1 Å². The van der Waals surface area contributed by atoms with E-state index in [9.17, 15) is 0 Å². The molecule has 2 unspecified atom stereocenters. The van der Waals surface area contributed by atoms with Crippen LogP contribution in [0.15, 0.2) is 72.8 Å². The third kappa shape index (κ3) is 3.74. The summed E-state index contributed by atoms with van der Waals surface area (Å²) in [6, 6.07) is 24.9. The van der Waals surface area contributed by atoms with E-state index < -0.39 is 7.92 Å². The van der Waals surface area contributed by atoms with E-state index in [0.29, 0.717) is 0 Å². The average Bonchev–Trinajstić information content (AvgIpc) is 2.71. The number of nitrogens with zero attached hydrogens (tertiary/aromatic N) is 1. The summed E-state index contributed by atoms with van der Waals surface area (Å²) in [7, 11) is 4.10. The van der Waals surface area contributed by atoms with Crippen molar-refractivity contribution in [2.24, 2.45) is 0 Å². The third-order valence-corrected chi connectivity index (χ3v) is 11.0. The molecule has 0 fully saturated rings. The minimum atomic E-state index is -0.503. The molecule has 32 heavy (non-hydrogen) atoms. The van der Waals surface area contributed by atoms with Gasteiger partial charge in [0.15, 0.2) is 0 Å². The molecule has 0 aliphatic heterocycles. The van der Waals surface area contributed by atoms with Crippen molar-refractivity contribution in [3.05, 3.63) is 89.5 Å². The molecule has 4 rings (SSSR count). The van der Waals surface area contributed by atoms with Crippen LogP contribution >= 0.6 is 7.92 Å². The minimum Gasteiger partial charge on any atom is -0.295 e. The smallest absolute Gasteiger partial charge is 0.0773 e.